The molecule has 17 heteroatoms. The third-order valence-corrected chi connectivity index (χ3v) is 6.30. The molecule has 214 valence electrons. The smallest absolute Gasteiger partial charge is 0.475 e. The number of nitrogens with zero attached hydrogens (tertiary/aromatic N) is 5. The van der Waals surface area contributed by atoms with E-state index < -0.39 is 24.3 Å². The van der Waals surface area contributed by atoms with Gasteiger partial charge < -0.3 is 24.7 Å². The maximum Gasteiger partial charge on any atom is 0.490 e. The average molecular weight is 584 g/mol. The number of carboxylic acids is 2. The fourth-order valence-corrected chi connectivity index (χ4v) is 4.50. The molecular weight excluding hydrogens is 560 g/mol. The van der Waals surface area contributed by atoms with Gasteiger partial charge in [0.2, 0.25) is 5.13 Å². The predicted octanol–water partition coefficient (Wildman–Crippen LogP) is 3.80. The molecule has 0 bridgehead atoms. The van der Waals surface area contributed by atoms with E-state index in [0.29, 0.717) is 5.56 Å². The number of aliphatic carboxylic acids is 2. The summed E-state index contributed by atoms with van der Waals surface area (Å²) in [6.07, 6.45) is -7.88. The van der Waals surface area contributed by atoms with E-state index in [1.165, 1.54) is 0 Å². The number of nitriles is 1. The van der Waals surface area contributed by atoms with E-state index >= 15 is 0 Å². The molecule has 1 unspecified atom stereocenters. The third-order valence-electron chi connectivity index (χ3n) is 5.55. The van der Waals surface area contributed by atoms with Gasteiger partial charge in [0.25, 0.3) is 0 Å². The van der Waals surface area contributed by atoms with E-state index in [-0.39, 0.29) is 5.41 Å². The first-order chi connectivity index (χ1) is 18.2. The second kappa shape index (κ2) is 13.4. The Morgan fingerprint density at radius 1 is 1.05 bits per heavy atom. The molecule has 1 aromatic carbocycles. The van der Waals surface area contributed by atoms with Crippen molar-refractivity contribution in [3.05, 3.63) is 35.3 Å². The predicted molar refractivity (Wildman–Crippen MR) is 125 cm³/mol. The number of aromatic nitrogens is 2. The summed E-state index contributed by atoms with van der Waals surface area (Å²) < 4.78 is 69.5. The van der Waals surface area contributed by atoms with Crippen molar-refractivity contribution in [3.8, 4) is 6.07 Å². The lowest BCUT2D eigenvalue weighted by atomic mass is 9.80. The summed E-state index contributed by atoms with van der Waals surface area (Å²) in [4.78, 5) is 22.5. The van der Waals surface area contributed by atoms with Crippen LogP contribution in [0.2, 0.25) is 0 Å². The number of halogens is 6. The molecule has 2 saturated heterocycles. The number of ether oxygens (including phenoxy) is 1. The summed E-state index contributed by atoms with van der Waals surface area (Å²) in [6.45, 7) is 5.26. The first-order valence-corrected chi connectivity index (χ1v) is 12.0. The number of carboxylic acid groups (broad SMARTS) is 2. The van der Waals surface area contributed by atoms with Crippen molar-refractivity contribution in [2.75, 3.05) is 49.2 Å². The molecule has 39 heavy (non-hydrogen) atoms. The SMILES string of the molecule is N#Cc1cccc(N2CCOCC3(CCCN(c4nncs4)C3)C2)c1.O=C(O)C(F)(F)F.O=C(O)C(F)(F)F. The van der Waals surface area contributed by atoms with E-state index in [0.717, 1.165) is 63.1 Å². The van der Waals surface area contributed by atoms with Crippen LogP contribution in [-0.2, 0) is 14.3 Å². The minimum absolute atomic E-state index is 0.0864. The zero-order valence-corrected chi connectivity index (χ0v) is 20.9. The van der Waals surface area contributed by atoms with Gasteiger partial charge in [-0.25, -0.2) is 9.59 Å². The van der Waals surface area contributed by atoms with Crippen LogP contribution in [0.15, 0.2) is 29.8 Å². The van der Waals surface area contributed by atoms with Crippen molar-refractivity contribution in [1.82, 2.24) is 10.2 Å². The summed E-state index contributed by atoms with van der Waals surface area (Å²) in [5.74, 6) is -5.51. The minimum Gasteiger partial charge on any atom is -0.475 e. The topological polar surface area (TPSA) is 140 Å². The van der Waals surface area contributed by atoms with Gasteiger partial charge in [0.05, 0.1) is 24.8 Å². The maximum atomic E-state index is 10.6. The molecule has 1 aromatic heterocycles. The van der Waals surface area contributed by atoms with Gasteiger partial charge in [-0.15, -0.1) is 10.2 Å². The molecule has 10 nitrogen and oxygen atoms in total. The van der Waals surface area contributed by atoms with Crippen LogP contribution < -0.4 is 9.80 Å². The number of piperidine rings is 1. The number of benzene rings is 1. The van der Waals surface area contributed by atoms with Gasteiger partial charge >= 0.3 is 24.3 Å². The van der Waals surface area contributed by atoms with Crippen molar-refractivity contribution >= 4 is 34.1 Å². The van der Waals surface area contributed by atoms with Crippen LogP contribution in [0.25, 0.3) is 0 Å². The molecule has 0 radical (unpaired) electrons. The Bertz CT molecular complexity index is 1120. The molecule has 2 N–H and O–H groups in total. The van der Waals surface area contributed by atoms with Gasteiger partial charge in [-0.2, -0.15) is 31.6 Å². The second-order valence-corrected chi connectivity index (χ2v) is 9.30. The van der Waals surface area contributed by atoms with Crippen molar-refractivity contribution < 1.29 is 50.9 Å². The highest BCUT2D eigenvalue weighted by molar-refractivity contribution is 7.13. The van der Waals surface area contributed by atoms with Crippen molar-refractivity contribution in [1.29, 1.82) is 5.26 Å². The highest BCUT2D eigenvalue weighted by Gasteiger charge is 2.40. The number of rotatable bonds is 2. The zero-order valence-electron chi connectivity index (χ0n) is 20.1. The summed E-state index contributed by atoms with van der Waals surface area (Å²) in [5, 5.41) is 32.7. The summed E-state index contributed by atoms with van der Waals surface area (Å²) >= 11 is 1.60. The van der Waals surface area contributed by atoms with Gasteiger partial charge in [-0.05, 0) is 31.0 Å². The molecule has 0 aliphatic carbocycles. The van der Waals surface area contributed by atoms with E-state index in [2.05, 4.69) is 32.1 Å². The van der Waals surface area contributed by atoms with Crippen LogP contribution in [0.3, 0.4) is 0 Å². The molecule has 2 aromatic rings. The summed E-state index contributed by atoms with van der Waals surface area (Å²) in [6, 6.07) is 10.1. The monoisotopic (exact) mass is 583 g/mol. The standard InChI is InChI=1S/C18H21N5OS.2C2HF3O2/c19-10-15-3-1-4-16(9-15)22-7-8-24-13-18(11-22)5-2-6-23(12-18)17-21-20-14-25-17;2*3-2(4,5)1(6)7/h1,3-4,9,14H,2,5-8,11-13H2;2*(H,6,7). The molecule has 1 spiro atoms. The number of hydrogen-bond acceptors (Lipinski definition) is 9. The Balaban J connectivity index is 0.000000317. The van der Waals surface area contributed by atoms with Crippen LogP contribution in [0.5, 0.6) is 0 Å². The fourth-order valence-electron chi connectivity index (χ4n) is 3.91. The number of carbonyl (C=O) groups is 2. The Morgan fingerprint density at radius 3 is 2.21 bits per heavy atom. The zero-order chi connectivity index (χ0) is 29.3. The first kappa shape index (κ1) is 31.6. The molecule has 0 saturated carbocycles. The van der Waals surface area contributed by atoms with E-state index in [4.69, 9.17) is 24.5 Å². The lowest BCUT2D eigenvalue weighted by molar-refractivity contribution is -0.193. The summed E-state index contributed by atoms with van der Waals surface area (Å²) in [7, 11) is 0. The third kappa shape index (κ3) is 9.87. The molecule has 0 amide bonds. The Morgan fingerprint density at radius 2 is 1.67 bits per heavy atom. The molecule has 4 rings (SSSR count). The van der Waals surface area contributed by atoms with Gasteiger partial charge in [-0.1, -0.05) is 17.4 Å². The average Bonchev–Trinajstić information content (AvgIpc) is 3.34. The fraction of sp³-hybridized carbons (Fsp3) is 0.500. The Labute approximate surface area is 222 Å². The van der Waals surface area contributed by atoms with Gasteiger partial charge in [0.1, 0.15) is 5.51 Å². The lowest BCUT2D eigenvalue weighted by Gasteiger charge is -2.43. The number of anilines is 2. The normalized spacial score (nSPS) is 19.5. The van der Waals surface area contributed by atoms with Crippen LogP contribution in [0, 0.1) is 16.7 Å². The number of alkyl halides is 6. The second-order valence-electron chi connectivity index (χ2n) is 8.49. The van der Waals surface area contributed by atoms with Gasteiger partial charge in [-0.3, -0.25) is 0 Å². The Kier molecular flexibility index (Phi) is 10.9. The van der Waals surface area contributed by atoms with Gasteiger partial charge in [0.15, 0.2) is 0 Å². The maximum absolute atomic E-state index is 10.6. The van der Waals surface area contributed by atoms with Gasteiger partial charge in [0, 0.05) is 37.3 Å². The van der Waals surface area contributed by atoms with Crippen LogP contribution in [0.1, 0.15) is 18.4 Å². The van der Waals surface area contributed by atoms with Crippen molar-refractivity contribution in [2.45, 2.75) is 25.2 Å². The van der Waals surface area contributed by atoms with E-state index in [1.807, 2.05) is 18.2 Å². The quantitative estimate of drug-likeness (QED) is 0.502. The van der Waals surface area contributed by atoms with Crippen LogP contribution in [0.4, 0.5) is 37.2 Å². The van der Waals surface area contributed by atoms with E-state index in [1.54, 1.807) is 16.8 Å². The molecule has 2 fully saturated rings. The largest absolute Gasteiger partial charge is 0.490 e. The first-order valence-electron chi connectivity index (χ1n) is 11.1. The van der Waals surface area contributed by atoms with Crippen molar-refractivity contribution in [2.24, 2.45) is 5.41 Å². The van der Waals surface area contributed by atoms with Crippen LogP contribution in [-0.4, -0.2) is 84.1 Å². The van der Waals surface area contributed by atoms with Crippen LogP contribution >= 0.6 is 11.3 Å². The minimum atomic E-state index is -5.08. The van der Waals surface area contributed by atoms with Crippen molar-refractivity contribution in [3.63, 3.8) is 0 Å². The molecule has 3 heterocycles. The van der Waals surface area contributed by atoms with E-state index in [9.17, 15) is 31.6 Å². The number of hydrogen-bond donors (Lipinski definition) is 2. The lowest BCUT2D eigenvalue weighted by Crippen LogP contribution is -2.50. The molecule has 1 atom stereocenters. The molecular formula is C22H23F6N5O5S. The summed E-state index contributed by atoms with van der Waals surface area (Å²) in [5.41, 5.74) is 3.69. The highest BCUT2D eigenvalue weighted by Crippen LogP contribution is 2.36. The molecule has 2 aliphatic heterocycles. The highest BCUT2D eigenvalue weighted by atomic mass is 32.1. The molecule has 2 aliphatic rings. The Hall–Kier alpha value is -3.65.